The molecule has 120 valence electrons. The number of nitrogens with zero attached hydrogens (tertiary/aromatic N) is 2. The van der Waals surface area contributed by atoms with Crippen LogP contribution >= 0.6 is 0 Å². The van der Waals surface area contributed by atoms with Crippen molar-refractivity contribution in [3.05, 3.63) is 72.2 Å². The summed E-state index contributed by atoms with van der Waals surface area (Å²) in [7, 11) is 1.36. The number of carbonyl (C=O) groups is 1. The number of ether oxygens (including phenoxy) is 1. The van der Waals surface area contributed by atoms with Gasteiger partial charge in [0.2, 0.25) is 0 Å². The number of pyridine rings is 1. The minimum absolute atomic E-state index is 0.365. The molecule has 6 nitrogen and oxygen atoms in total. The Labute approximate surface area is 138 Å². The van der Waals surface area contributed by atoms with E-state index in [2.05, 4.69) is 20.2 Å². The summed E-state index contributed by atoms with van der Waals surface area (Å²) in [5, 5.41) is 4.11. The minimum Gasteiger partial charge on any atom is -0.465 e. The van der Waals surface area contributed by atoms with Crippen molar-refractivity contribution in [3.8, 4) is 11.3 Å². The Morgan fingerprint density at radius 2 is 1.88 bits per heavy atom. The smallest absolute Gasteiger partial charge is 0.337 e. The summed E-state index contributed by atoms with van der Waals surface area (Å²) in [6, 6.07) is 14.3. The number of aromatic nitrogens is 1. The van der Waals surface area contributed by atoms with Gasteiger partial charge in [-0.1, -0.05) is 12.1 Å². The average molecular weight is 321 g/mol. The summed E-state index contributed by atoms with van der Waals surface area (Å²) in [6.07, 6.45) is 4.95. The molecule has 0 aliphatic rings. The van der Waals surface area contributed by atoms with E-state index in [4.69, 9.17) is 4.42 Å². The van der Waals surface area contributed by atoms with Crippen LogP contribution in [0.15, 0.2) is 70.4 Å². The van der Waals surface area contributed by atoms with E-state index in [9.17, 15) is 4.79 Å². The van der Waals surface area contributed by atoms with E-state index in [-0.39, 0.29) is 5.97 Å². The van der Waals surface area contributed by atoms with Crippen molar-refractivity contribution >= 4 is 17.9 Å². The molecule has 24 heavy (non-hydrogen) atoms. The molecule has 3 aromatic rings. The van der Waals surface area contributed by atoms with E-state index in [1.54, 1.807) is 42.9 Å². The standard InChI is InChI=1S/C18H15N3O3/c1-23-18(22)14-4-2-13(3-5-14)17-7-6-16(24-17)12-20-21-15-8-10-19-11-9-15/h2-12H,1H3,(H,19,21)/b20-12+. The van der Waals surface area contributed by atoms with Crippen LogP contribution in [0.3, 0.4) is 0 Å². The van der Waals surface area contributed by atoms with Crippen molar-refractivity contribution in [2.24, 2.45) is 5.10 Å². The van der Waals surface area contributed by atoms with Crippen LogP contribution in [0.1, 0.15) is 16.1 Å². The molecular weight excluding hydrogens is 306 g/mol. The van der Waals surface area contributed by atoms with Gasteiger partial charge in [0.25, 0.3) is 0 Å². The number of carbonyl (C=O) groups excluding carboxylic acids is 1. The SMILES string of the molecule is COC(=O)c1ccc(-c2ccc(/C=N/Nc3ccncc3)o2)cc1. The summed E-state index contributed by atoms with van der Waals surface area (Å²) in [5.74, 6) is 0.941. The van der Waals surface area contributed by atoms with Crippen molar-refractivity contribution < 1.29 is 13.9 Å². The monoisotopic (exact) mass is 321 g/mol. The van der Waals surface area contributed by atoms with Crippen LogP contribution in [0, 0.1) is 0 Å². The molecule has 0 aliphatic carbocycles. The van der Waals surface area contributed by atoms with Gasteiger partial charge < -0.3 is 9.15 Å². The average Bonchev–Trinajstić information content (AvgIpc) is 3.11. The molecule has 0 aliphatic heterocycles. The molecule has 0 fully saturated rings. The summed E-state index contributed by atoms with van der Waals surface area (Å²) in [4.78, 5) is 15.4. The summed E-state index contributed by atoms with van der Waals surface area (Å²) in [6.45, 7) is 0. The molecule has 1 aromatic carbocycles. The Morgan fingerprint density at radius 1 is 1.12 bits per heavy atom. The number of esters is 1. The Bertz CT molecular complexity index is 839. The highest BCUT2D eigenvalue weighted by molar-refractivity contribution is 5.89. The lowest BCUT2D eigenvalue weighted by Gasteiger charge is -2.00. The zero-order chi connectivity index (χ0) is 16.8. The van der Waals surface area contributed by atoms with E-state index < -0.39 is 0 Å². The normalized spacial score (nSPS) is 10.7. The first-order valence-electron chi connectivity index (χ1n) is 7.24. The van der Waals surface area contributed by atoms with Crippen molar-refractivity contribution in [2.75, 3.05) is 12.5 Å². The summed E-state index contributed by atoms with van der Waals surface area (Å²) in [5.41, 5.74) is 5.09. The number of benzene rings is 1. The predicted octanol–water partition coefficient (Wildman–Crippen LogP) is 3.57. The molecule has 0 atom stereocenters. The largest absolute Gasteiger partial charge is 0.465 e. The highest BCUT2D eigenvalue weighted by Gasteiger charge is 2.07. The Balaban J connectivity index is 1.68. The number of nitrogens with one attached hydrogen (secondary N) is 1. The van der Waals surface area contributed by atoms with Gasteiger partial charge in [-0.25, -0.2) is 4.79 Å². The van der Waals surface area contributed by atoms with Crippen LogP contribution < -0.4 is 5.43 Å². The van der Waals surface area contributed by atoms with E-state index in [0.29, 0.717) is 17.1 Å². The molecule has 0 saturated heterocycles. The molecular formula is C18H15N3O3. The van der Waals surface area contributed by atoms with Gasteiger partial charge in [-0.15, -0.1) is 0 Å². The zero-order valence-corrected chi connectivity index (χ0v) is 13.0. The molecule has 0 saturated carbocycles. The Hall–Kier alpha value is -3.41. The third-order valence-corrected chi connectivity index (χ3v) is 3.28. The van der Waals surface area contributed by atoms with Crippen molar-refractivity contribution in [1.82, 2.24) is 4.98 Å². The topological polar surface area (TPSA) is 76.7 Å². The van der Waals surface area contributed by atoms with Gasteiger partial charge in [0.1, 0.15) is 11.5 Å². The van der Waals surface area contributed by atoms with Crippen LogP contribution in [0.2, 0.25) is 0 Å². The molecule has 0 unspecified atom stereocenters. The number of hydrogen-bond donors (Lipinski definition) is 1. The fourth-order valence-corrected chi connectivity index (χ4v) is 2.06. The van der Waals surface area contributed by atoms with Crippen LogP contribution in [-0.2, 0) is 4.74 Å². The highest BCUT2D eigenvalue weighted by atomic mass is 16.5. The third kappa shape index (κ3) is 3.67. The lowest BCUT2D eigenvalue weighted by Crippen LogP contribution is -2.00. The van der Waals surface area contributed by atoms with Crippen LogP contribution in [0.4, 0.5) is 5.69 Å². The van der Waals surface area contributed by atoms with Crippen molar-refractivity contribution in [3.63, 3.8) is 0 Å². The highest BCUT2D eigenvalue weighted by Crippen LogP contribution is 2.22. The molecule has 3 rings (SSSR count). The number of rotatable bonds is 5. The lowest BCUT2D eigenvalue weighted by molar-refractivity contribution is 0.0601. The lowest BCUT2D eigenvalue weighted by atomic mass is 10.1. The van der Waals surface area contributed by atoms with Gasteiger partial charge in [0, 0.05) is 18.0 Å². The van der Waals surface area contributed by atoms with E-state index in [0.717, 1.165) is 11.3 Å². The zero-order valence-electron chi connectivity index (χ0n) is 13.0. The third-order valence-electron chi connectivity index (χ3n) is 3.28. The second kappa shape index (κ2) is 7.23. The van der Waals surface area contributed by atoms with Crippen LogP contribution in [-0.4, -0.2) is 24.3 Å². The van der Waals surface area contributed by atoms with Gasteiger partial charge in [0.15, 0.2) is 0 Å². The molecule has 2 aromatic heterocycles. The molecule has 0 amide bonds. The van der Waals surface area contributed by atoms with E-state index >= 15 is 0 Å². The first kappa shape index (κ1) is 15.5. The molecule has 2 heterocycles. The van der Waals surface area contributed by atoms with Gasteiger partial charge >= 0.3 is 5.97 Å². The van der Waals surface area contributed by atoms with Crippen molar-refractivity contribution in [1.29, 1.82) is 0 Å². The van der Waals surface area contributed by atoms with Crippen LogP contribution in [0.5, 0.6) is 0 Å². The number of methoxy groups -OCH3 is 1. The molecule has 6 heteroatoms. The predicted molar refractivity (Wildman–Crippen MR) is 90.9 cm³/mol. The fraction of sp³-hybridized carbons (Fsp3) is 0.0556. The van der Waals surface area contributed by atoms with E-state index in [1.165, 1.54) is 7.11 Å². The number of furan rings is 1. The maximum Gasteiger partial charge on any atom is 0.337 e. The summed E-state index contributed by atoms with van der Waals surface area (Å²) < 4.78 is 10.4. The van der Waals surface area contributed by atoms with Crippen LogP contribution in [0.25, 0.3) is 11.3 Å². The molecule has 0 bridgehead atoms. The first-order valence-corrected chi connectivity index (χ1v) is 7.24. The van der Waals surface area contributed by atoms with Gasteiger partial charge in [0.05, 0.1) is 24.6 Å². The van der Waals surface area contributed by atoms with Gasteiger partial charge in [-0.05, 0) is 36.4 Å². The Kier molecular flexibility index (Phi) is 4.67. The second-order valence-electron chi connectivity index (χ2n) is 4.88. The maximum absolute atomic E-state index is 11.4. The maximum atomic E-state index is 11.4. The number of hydrogen-bond acceptors (Lipinski definition) is 6. The van der Waals surface area contributed by atoms with Gasteiger partial charge in [-0.3, -0.25) is 10.4 Å². The fourth-order valence-electron chi connectivity index (χ4n) is 2.06. The van der Waals surface area contributed by atoms with Gasteiger partial charge in [-0.2, -0.15) is 5.10 Å². The minimum atomic E-state index is -0.365. The van der Waals surface area contributed by atoms with E-state index in [1.807, 2.05) is 24.3 Å². The summed E-state index contributed by atoms with van der Waals surface area (Å²) >= 11 is 0. The molecule has 0 spiro atoms. The Morgan fingerprint density at radius 3 is 2.58 bits per heavy atom. The number of hydrazone groups is 1. The molecule has 1 N–H and O–H groups in total. The number of anilines is 1. The first-order chi connectivity index (χ1) is 11.8. The second-order valence-corrected chi connectivity index (χ2v) is 4.88. The van der Waals surface area contributed by atoms with Crippen molar-refractivity contribution in [2.45, 2.75) is 0 Å². The molecule has 0 radical (unpaired) electrons. The quantitative estimate of drug-likeness (QED) is 0.441.